The summed E-state index contributed by atoms with van der Waals surface area (Å²) in [7, 11) is 0. The standard InChI is InChI=1S/C23H20Cl2FNO4/c1-2-30-21-10-16(12-27-20-9-15(23(28)29)5-8-18(20)24)19(25)11-22(21)31-13-14-3-6-17(26)7-4-14/h3-11,27H,2,12-13H2,1H3,(H,28,29). The van der Waals surface area contributed by atoms with E-state index in [4.69, 9.17) is 37.8 Å². The maximum Gasteiger partial charge on any atom is 0.335 e. The number of ether oxygens (including phenoxy) is 2. The van der Waals surface area contributed by atoms with Crippen LogP contribution >= 0.6 is 23.2 Å². The molecule has 0 atom stereocenters. The van der Waals surface area contributed by atoms with Crippen LogP contribution in [0.5, 0.6) is 11.5 Å². The molecule has 2 N–H and O–H groups in total. The predicted octanol–water partition coefficient (Wildman–Crippen LogP) is 6.42. The fourth-order valence-electron chi connectivity index (χ4n) is 2.82. The lowest BCUT2D eigenvalue weighted by molar-refractivity contribution is 0.0697. The lowest BCUT2D eigenvalue weighted by atomic mass is 10.1. The Hall–Kier alpha value is -2.96. The van der Waals surface area contributed by atoms with Crippen LogP contribution in [0.3, 0.4) is 0 Å². The Morgan fingerprint density at radius 2 is 1.71 bits per heavy atom. The first kappa shape index (κ1) is 22.7. The summed E-state index contributed by atoms with van der Waals surface area (Å²) < 4.78 is 24.6. The predicted molar refractivity (Wildman–Crippen MR) is 119 cm³/mol. The van der Waals surface area contributed by atoms with Gasteiger partial charge in [0.05, 0.1) is 22.9 Å². The molecule has 0 bridgehead atoms. The van der Waals surface area contributed by atoms with Crippen molar-refractivity contribution < 1.29 is 23.8 Å². The SMILES string of the molecule is CCOc1cc(CNc2cc(C(=O)O)ccc2Cl)c(Cl)cc1OCc1ccc(F)cc1. The molecule has 0 saturated heterocycles. The largest absolute Gasteiger partial charge is 0.490 e. The van der Waals surface area contributed by atoms with Crippen molar-refractivity contribution in [3.8, 4) is 11.5 Å². The molecule has 0 aliphatic rings. The van der Waals surface area contributed by atoms with Crippen molar-refractivity contribution in [2.45, 2.75) is 20.1 Å². The van der Waals surface area contributed by atoms with Gasteiger partial charge < -0.3 is 19.9 Å². The summed E-state index contributed by atoms with van der Waals surface area (Å²) in [5.74, 6) is -0.381. The zero-order chi connectivity index (χ0) is 22.4. The summed E-state index contributed by atoms with van der Waals surface area (Å²) in [6.45, 7) is 2.80. The second-order valence-corrected chi connectivity index (χ2v) is 7.41. The Labute approximate surface area is 189 Å². The van der Waals surface area contributed by atoms with Crippen molar-refractivity contribution >= 4 is 34.9 Å². The summed E-state index contributed by atoms with van der Waals surface area (Å²) in [6.07, 6.45) is 0. The normalized spacial score (nSPS) is 10.6. The van der Waals surface area contributed by atoms with E-state index in [9.17, 15) is 9.18 Å². The third kappa shape index (κ3) is 6.03. The van der Waals surface area contributed by atoms with E-state index in [-0.39, 0.29) is 18.0 Å². The van der Waals surface area contributed by atoms with E-state index in [0.717, 1.165) is 11.1 Å². The van der Waals surface area contributed by atoms with E-state index >= 15 is 0 Å². The van der Waals surface area contributed by atoms with Crippen LogP contribution < -0.4 is 14.8 Å². The Morgan fingerprint density at radius 3 is 2.39 bits per heavy atom. The van der Waals surface area contributed by atoms with Crippen molar-refractivity contribution in [3.05, 3.63) is 87.2 Å². The Kier molecular flexibility index (Phi) is 7.60. The Bertz CT molecular complexity index is 1070. The van der Waals surface area contributed by atoms with Gasteiger partial charge in [-0.3, -0.25) is 0 Å². The molecule has 0 radical (unpaired) electrons. The van der Waals surface area contributed by atoms with Crippen LogP contribution in [-0.2, 0) is 13.2 Å². The van der Waals surface area contributed by atoms with Gasteiger partial charge >= 0.3 is 5.97 Å². The topological polar surface area (TPSA) is 67.8 Å². The van der Waals surface area contributed by atoms with Crippen LogP contribution in [-0.4, -0.2) is 17.7 Å². The first-order valence-electron chi connectivity index (χ1n) is 9.46. The zero-order valence-electron chi connectivity index (χ0n) is 16.6. The number of aromatic carboxylic acids is 1. The quantitative estimate of drug-likeness (QED) is 0.383. The fraction of sp³-hybridized carbons (Fsp3) is 0.174. The smallest absolute Gasteiger partial charge is 0.335 e. The van der Waals surface area contributed by atoms with Crippen molar-refractivity contribution in [1.82, 2.24) is 0 Å². The average Bonchev–Trinajstić information content (AvgIpc) is 2.74. The maximum atomic E-state index is 13.1. The summed E-state index contributed by atoms with van der Waals surface area (Å²) in [6, 6.07) is 13.9. The molecular formula is C23H20Cl2FNO4. The van der Waals surface area contributed by atoms with Crippen LogP contribution in [0.4, 0.5) is 10.1 Å². The van der Waals surface area contributed by atoms with Gasteiger partial charge in [0.25, 0.3) is 0 Å². The summed E-state index contributed by atoms with van der Waals surface area (Å²) in [5, 5.41) is 13.1. The van der Waals surface area contributed by atoms with Crippen LogP contribution in [0.15, 0.2) is 54.6 Å². The summed E-state index contributed by atoms with van der Waals surface area (Å²) in [5.41, 5.74) is 2.12. The van der Waals surface area contributed by atoms with Gasteiger partial charge in [-0.15, -0.1) is 0 Å². The molecule has 0 aliphatic heterocycles. The van der Waals surface area contributed by atoms with Crippen LogP contribution in [0.1, 0.15) is 28.4 Å². The van der Waals surface area contributed by atoms with Crippen LogP contribution in [0.2, 0.25) is 10.0 Å². The number of anilines is 1. The first-order valence-corrected chi connectivity index (χ1v) is 10.2. The monoisotopic (exact) mass is 463 g/mol. The molecule has 0 spiro atoms. The molecule has 0 unspecified atom stereocenters. The highest BCUT2D eigenvalue weighted by Gasteiger charge is 2.13. The van der Waals surface area contributed by atoms with Gasteiger partial charge in [0, 0.05) is 17.6 Å². The van der Waals surface area contributed by atoms with Gasteiger partial charge in [0.2, 0.25) is 0 Å². The number of hydrogen-bond acceptors (Lipinski definition) is 4. The van der Waals surface area contributed by atoms with Gasteiger partial charge in [-0.2, -0.15) is 0 Å². The van der Waals surface area contributed by atoms with E-state index in [2.05, 4.69) is 5.32 Å². The van der Waals surface area contributed by atoms with Gasteiger partial charge in [0.1, 0.15) is 12.4 Å². The molecule has 0 saturated carbocycles. The molecule has 3 aromatic rings. The molecule has 31 heavy (non-hydrogen) atoms. The van der Waals surface area contributed by atoms with Gasteiger partial charge in [-0.25, -0.2) is 9.18 Å². The third-order valence-electron chi connectivity index (χ3n) is 4.40. The van der Waals surface area contributed by atoms with E-state index in [1.165, 1.54) is 30.3 Å². The lowest BCUT2D eigenvalue weighted by Gasteiger charge is -2.16. The Morgan fingerprint density at radius 1 is 1.00 bits per heavy atom. The van der Waals surface area contributed by atoms with Crippen LogP contribution in [0.25, 0.3) is 0 Å². The molecule has 0 amide bonds. The molecule has 0 heterocycles. The Balaban J connectivity index is 1.77. The minimum atomic E-state index is -1.04. The highest BCUT2D eigenvalue weighted by atomic mass is 35.5. The highest BCUT2D eigenvalue weighted by Crippen LogP contribution is 2.35. The second kappa shape index (κ2) is 10.4. The minimum absolute atomic E-state index is 0.123. The molecule has 8 heteroatoms. The third-order valence-corrected chi connectivity index (χ3v) is 5.08. The molecular weight excluding hydrogens is 444 g/mol. The fourth-order valence-corrected chi connectivity index (χ4v) is 3.22. The lowest BCUT2D eigenvalue weighted by Crippen LogP contribution is -2.05. The van der Waals surface area contributed by atoms with Gasteiger partial charge in [-0.1, -0.05) is 35.3 Å². The van der Waals surface area contributed by atoms with Crippen LogP contribution in [0, 0.1) is 5.82 Å². The number of nitrogens with one attached hydrogen (secondary N) is 1. The van der Waals surface area contributed by atoms with Gasteiger partial charge in [-0.05, 0) is 54.4 Å². The minimum Gasteiger partial charge on any atom is -0.490 e. The number of halogens is 3. The number of carbonyl (C=O) groups is 1. The average molecular weight is 464 g/mol. The molecule has 0 aliphatic carbocycles. The maximum absolute atomic E-state index is 13.1. The molecule has 5 nitrogen and oxygen atoms in total. The molecule has 3 rings (SSSR count). The number of carboxylic acids is 1. The highest BCUT2D eigenvalue weighted by molar-refractivity contribution is 6.33. The number of benzene rings is 3. The zero-order valence-corrected chi connectivity index (χ0v) is 18.1. The van der Waals surface area contributed by atoms with Crippen molar-refractivity contribution in [2.75, 3.05) is 11.9 Å². The number of hydrogen-bond donors (Lipinski definition) is 2. The van der Waals surface area contributed by atoms with Crippen molar-refractivity contribution in [2.24, 2.45) is 0 Å². The number of carboxylic acid groups (broad SMARTS) is 1. The molecule has 162 valence electrons. The summed E-state index contributed by atoms with van der Waals surface area (Å²) >= 11 is 12.6. The van der Waals surface area contributed by atoms with Gasteiger partial charge in [0.15, 0.2) is 11.5 Å². The number of rotatable bonds is 9. The van der Waals surface area contributed by atoms with E-state index < -0.39 is 5.97 Å². The molecule has 0 aromatic heterocycles. The van der Waals surface area contributed by atoms with E-state index in [1.807, 2.05) is 6.92 Å². The van der Waals surface area contributed by atoms with Crippen molar-refractivity contribution in [3.63, 3.8) is 0 Å². The van der Waals surface area contributed by atoms with E-state index in [1.54, 1.807) is 24.3 Å². The van der Waals surface area contributed by atoms with Crippen molar-refractivity contribution in [1.29, 1.82) is 0 Å². The second-order valence-electron chi connectivity index (χ2n) is 6.59. The molecule has 3 aromatic carbocycles. The summed E-state index contributed by atoms with van der Waals surface area (Å²) in [4.78, 5) is 11.2. The molecule has 0 fully saturated rings. The first-order chi connectivity index (χ1) is 14.9. The van der Waals surface area contributed by atoms with E-state index in [0.29, 0.717) is 40.4 Å².